The van der Waals surface area contributed by atoms with Gasteiger partial charge in [-0.05, 0) is 0 Å². The minimum Gasteiger partial charge on any atom is -0.0910 e. The molecule has 1 heteroatoms. The molecule has 0 amide bonds. The molecule has 0 aromatic rings. The third-order valence-electron chi connectivity index (χ3n) is 5.82. The lowest BCUT2D eigenvalue weighted by molar-refractivity contribution is 0.467. The van der Waals surface area contributed by atoms with Gasteiger partial charge < -0.3 is 0 Å². The molecule has 0 aliphatic carbocycles. The quantitative estimate of drug-likeness (QED) is 0.268. The van der Waals surface area contributed by atoms with Crippen molar-refractivity contribution in [2.75, 3.05) is 0 Å². The molecule has 0 N–H and O–H groups in total. The lowest BCUT2D eigenvalue weighted by Gasteiger charge is -2.26. The molecule has 0 aromatic carbocycles. The van der Waals surface area contributed by atoms with Gasteiger partial charge in [-0.15, -0.1) is 0 Å². The first-order valence-corrected chi connectivity index (χ1v) is 13.1. The smallest absolute Gasteiger partial charge is 0.0910 e. The zero-order valence-electron chi connectivity index (χ0n) is 16.8. The van der Waals surface area contributed by atoms with Crippen molar-refractivity contribution in [1.82, 2.24) is 0 Å². The average molecular weight is 325 g/mol. The monoisotopic (exact) mass is 324 g/mol. The van der Waals surface area contributed by atoms with Gasteiger partial charge in [0.25, 0.3) is 14.1 Å². The molecule has 0 aromatic heterocycles. The summed E-state index contributed by atoms with van der Waals surface area (Å²) < 4.78 is 0. The molecule has 0 fully saturated rings. The van der Waals surface area contributed by atoms with Crippen LogP contribution in [0.1, 0.15) is 99.3 Å². The highest BCUT2D eigenvalue weighted by atomic mass is 27.2. The highest BCUT2D eigenvalue weighted by molar-refractivity contribution is 6.59. The van der Waals surface area contributed by atoms with E-state index in [1.165, 1.54) is 57.8 Å². The van der Waals surface area contributed by atoms with Crippen molar-refractivity contribution in [1.29, 1.82) is 0 Å². The summed E-state index contributed by atoms with van der Waals surface area (Å²) in [6.45, 7) is 14.4. The maximum absolute atomic E-state index is 2.43. The molecule has 0 radical (unpaired) electrons. The normalized spacial score (nSPS) is 15.5. The Hall–Kier alpha value is 0.532. The summed E-state index contributed by atoms with van der Waals surface area (Å²) in [5.74, 6) is 3.12. The van der Waals surface area contributed by atoms with Crippen LogP contribution in [0.4, 0.5) is 0 Å². The van der Waals surface area contributed by atoms with Gasteiger partial charge in [0.2, 0.25) is 0 Å². The first-order chi connectivity index (χ1) is 10.6. The molecule has 0 saturated carbocycles. The van der Waals surface area contributed by atoms with E-state index in [0.29, 0.717) is 0 Å². The fraction of sp³-hybridized carbons (Fsp3) is 1.00. The zero-order chi connectivity index (χ0) is 16.8. The van der Waals surface area contributed by atoms with Crippen LogP contribution in [-0.4, -0.2) is 14.1 Å². The second kappa shape index (κ2) is 15.1. The van der Waals surface area contributed by atoms with Crippen molar-refractivity contribution in [2.24, 2.45) is 17.8 Å². The number of hydrogen-bond donors (Lipinski definition) is 0. The van der Waals surface area contributed by atoms with Crippen LogP contribution in [0.5, 0.6) is 0 Å². The molecule has 0 bridgehead atoms. The maximum atomic E-state index is 2.43. The molecular formula is C21H45Al. The largest absolute Gasteiger partial charge is 0.262 e. The first-order valence-electron chi connectivity index (χ1n) is 10.6. The van der Waals surface area contributed by atoms with E-state index >= 15 is 0 Å². The lowest BCUT2D eigenvalue weighted by atomic mass is 10.0. The summed E-state index contributed by atoms with van der Waals surface area (Å²) >= 11 is -0.555. The molecule has 0 aliphatic rings. The van der Waals surface area contributed by atoms with E-state index in [1.54, 1.807) is 15.8 Å². The Morgan fingerprint density at radius 1 is 0.500 bits per heavy atom. The molecule has 0 saturated heterocycles. The summed E-state index contributed by atoms with van der Waals surface area (Å²) in [6.07, 6.45) is 12.9. The average Bonchev–Trinajstić information content (AvgIpc) is 2.53. The van der Waals surface area contributed by atoms with Gasteiger partial charge in [-0.2, -0.15) is 0 Å². The van der Waals surface area contributed by atoms with Crippen LogP contribution in [0.25, 0.3) is 0 Å². The van der Waals surface area contributed by atoms with Gasteiger partial charge >= 0.3 is 0 Å². The summed E-state index contributed by atoms with van der Waals surface area (Å²) in [6, 6.07) is 0. The molecule has 0 nitrogen and oxygen atoms in total. The highest BCUT2D eigenvalue weighted by Gasteiger charge is 2.26. The van der Waals surface area contributed by atoms with E-state index in [1.807, 2.05) is 0 Å². The molecule has 3 atom stereocenters. The van der Waals surface area contributed by atoms with Gasteiger partial charge in [0.05, 0.1) is 0 Å². The zero-order valence-corrected chi connectivity index (χ0v) is 17.9. The van der Waals surface area contributed by atoms with E-state index in [0.717, 1.165) is 17.8 Å². The minimum atomic E-state index is -0.555. The van der Waals surface area contributed by atoms with Crippen LogP contribution in [0.2, 0.25) is 15.8 Å². The fourth-order valence-electron chi connectivity index (χ4n) is 4.39. The maximum Gasteiger partial charge on any atom is 0.262 e. The number of rotatable bonds is 15. The minimum absolute atomic E-state index is 0.555. The lowest BCUT2D eigenvalue weighted by Crippen LogP contribution is -2.24. The Morgan fingerprint density at radius 2 is 0.773 bits per heavy atom. The summed E-state index contributed by atoms with van der Waals surface area (Å²) in [5, 5.41) is 4.93. The SMILES string of the molecule is CCCC(CC)[CH2][Al]([CH2]C(CC)CCC)[CH2]C(CC)CCC. The van der Waals surface area contributed by atoms with E-state index in [9.17, 15) is 0 Å². The van der Waals surface area contributed by atoms with Crippen molar-refractivity contribution in [3.8, 4) is 0 Å². The van der Waals surface area contributed by atoms with Gasteiger partial charge in [-0.25, -0.2) is 0 Å². The standard InChI is InChI=1S/3C7H15.Al/c3*1-4-6-7(3)5-2;/h3*7H,3-6H2,1-2H3;. The second-order valence-electron chi connectivity index (χ2n) is 7.76. The van der Waals surface area contributed by atoms with Crippen molar-refractivity contribution in [3.63, 3.8) is 0 Å². The first kappa shape index (κ1) is 22.5. The highest BCUT2D eigenvalue weighted by Crippen LogP contribution is 2.30. The van der Waals surface area contributed by atoms with Crippen molar-refractivity contribution < 1.29 is 0 Å². The third-order valence-corrected chi connectivity index (χ3v) is 9.82. The van der Waals surface area contributed by atoms with Gasteiger partial charge in [-0.1, -0.05) is 133 Å². The Labute approximate surface area is 147 Å². The predicted octanol–water partition coefficient (Wildman–Crippen LogP) is 7.96. The Morgan fingerprint density at radius 3 is 0.955 bits per heavy atom. The van der Waals surface area contributed by atoms with E-state index in [2.05, 4.69) is 41.5 Å². The third kappa shape index (κ3) is 10.3. The molecular weight excluding hydrogens is 279 g/mol. The van der Waals surface area contributed by atoms with Gasteiger partial charge in [0.15, 0.2) is 0 Å². The predicted molar refractivity (Wildman–Crippen MR) is 106 cm³/mol. The molecule has 0 aliphatic heterocycles. The van der Waals surface area contributed by atoms with E-state index in [-0.39, 0.29) is 0 Å². The molecule has 22 heavy (non-hydrogen) atoms. The molecule has 3 unspecified atom stereocenters. The van der Waals surface area contributed by atoms with Crippen LogP contribution in [0.3, 0.4) is 0 Å². The summed E-state index contributed by atoms with van der Waals surface area (Å²) in [4.78, 5) is 0. The van der Waals surface area contributed by atoms with Crippen LogP contribution in [0, 0.1) is 17.8 Å². The van der Waals surface area contributed by atoms with Crippen molar-refractivity contribution >= 4 is 14.1 Å². The molecule has 132 valence electrons. The second-order valence-corrected chi connectivity index (χ2v) is 10.9. The van der Waals surface area contributed by atoms with Gasteiger partial charge in [0.1, 0.15) is 0 Å². The summed E-state index contributed by atoms with van der Waals surface area (Å²) in [7, 11) is 0. The van der Waals surface area contributed by atoms with Crippen LogP contribution < -0.4 is 0 Å². The Bertz CT molecular complexity index is 188. The van der Waals surface area contributed by atoms with Crippen LogP contribution in [-0.2, 0) is 0 Å². The van der Waals surface area contributed by atoms with Crippen LogP contribution >= 0.6 is 0 Å². The van der Waals surface area contributed by atoms with Gasteiger partial charge in [0, 0.05) is 0 Å². The Balaban J connectivity index is 4.71. The molecule has 0 spiro atoms. The number of hydrogen-bond acceptors (Lipinski definition) is 0. The van der Waals surface area contributed by atoms with Crippen molar-refractivity contribution in [3.05, 3.63) is 0 Å². The molecule has 0 rings (SSSR count). The van der Waals surface area contributed by atoms with Crippen molar-refractivity contribution in [2.45, 2.75) is 115 Å². The van der Waals surface area contributed by atoms with E-state index < -0.39 is 14.1 Å². The Kier molecular flexibility index (Phi) is 15.4. The fourth-order valence-corrected chi connectivity index (χ4v) is 9.51. The summed E-state index contributed by atoms with van der Waals surface area (Å²) in [5.41, 5.74) is 0. The van der Waals surface area contributed by atoms with E-state index in [4.69, 9.17) is 0 Å². The topological polar surface area (TPSA) is 0 Å². The van der Waals surface area contributed by atoms with Gasteiger partial charge in [-0.3, -0.25) is 0 Å². The van der Waals surface area contributed by atoms with Crippen LogP contribution in [0.15, 0.2) is 0 Å². The molecule has 0 heterocycles.